The van der Waals surface area contributed by atoms with Crippen LogP contribution in [0.1, 0.15) is 11.1 Å². The molecule has 0 bridgehead atoms. The number of nitrogens with one attached hydrogen (secondary N) is 1. The highest BCUT2D eigenvalue weighted by atomic mass is 19.3. The molecule has 0 aromatic heterocycles. The van der Waals surface area contributed by atoms with Gasteiger partial charge in [0, 0.05) is 6.54 Å². The highest BCUT2D eigenvalue weighted by molar-refractivity contribution is 5.86. The largest absolute Gasteiger partial charge is 0.346 e. The van der Waals surface area contributed by atoms with E-state index in [1.165, 1.54) is 6.08 Å². The van der Waals surface area contributed by atoms with Crippen LogP contribution in [0, 0.1) is 0 Å². The standard InChI is InChI=1S/C17H15F2NO/c18-17(19,12-11-14-7-3-1-4-8-14)16(21)20-13-15-9-5-2-6-10-15/h1-12H,13H2,(H,20,21)/b12-11+. The van der Waals surface area contributed by atoms with E-state index in [1.807, 2.05) is 6.07 Å². The quantitative estimate of drug-likeness (QED) is 0.893. The van der Waals surface area contributed by atoms with Crippen LogP contribution in [-0.2, 0) is 11.3 Å². The van der Waals surface area contributed by atoms with Crippen LogP contribution in [-0.4, -0.2) is 11.8 Å². The van der Waals surface area contributed by atoms with Crippen LogP contribution in [0.25, 0.3) is 6.08 Å². The third-order valence-electron chi connectivity index (χ3n) is 2.88. The van der Waals surface area contributed by atoms with Crippen LogP contribution in [0.2, 0.25) is 0 Å². The minimum atomic E-state index is -3.54. The third kappa shape index (κ3) is 4.53. The molecule has 108 valence electrons. The van der Waals surface area contributed by atoms with Gasteiger partial charge in [-0.25, -0.2) is 0 Å². The van der Waals surface area contributed by atoms with Crippen molar-refractivity contribution in [2.24, 2.45) is 0 Å². The second kappa shape index (κ2) is 6.79. The third-order valence-corrected chi connectivity index (χ3v) is 2.88. The van der Waals surface area contributed by atoms with Gasteiger partial charge in [0.1, 0.15) is 0 Å². The molecule has 1 N–H and O–H groups in total. The van der Waals surface area contributed by atoms with E-state index in [0.717, 1.165) is 5.56 Å². The van der Waals surface area contributed by atoms with E-state index in [9.17, 15) is 13.6 Å². The first kappa shape index (κ1) is 14.9. The van der Waals surface area contributed by atoms with E-state index in [0.29, 0.717) is 11.6 Å². The number of carbonyl (C=O) groups is 1. The Kier molecular flexibility index (Phi) is 4.82. The topological polar surface area (TPSA) is 29.1 Å². The number of hydrogen-bond donors (Lipinski definition) is 1. The van der Waals surface area contributed by atoms with Gasteiger partial charge in [-0.2, -0.15) is 8.78 Å². The van der Waals surface area contributed by atoms with Crippen LogP contribution in [0.3, 0.4) is 0 Å². The maximum Gasteiger partial charge on any atom is 0.343 e. The zero-order valence-corrected chi connectivity index (χ0v) is 11.3. The van der Waals surface area contributed by atoms with Crippen molar-refractivity contribution in [1.82, 2.24) is 5.32 Å². The lowest BCUT2D eigenvalue weighted by Crippen LogP contribution is -2.38. The molecule has 0 saturated carbocycles. The summed E-state index contributed by atoms with van der Waals surface area (Å²) in [4.78, 5) is 11.5. The van der Waals surface area contributed by atoms with E-state index < -0.39 is 11.8 Å². The molecule has 0 saturated heterocycles. The summed E-state index contributed by atoms with van der Waals surface area (Å²) in [5.41, 5.74) is 1.39. The molecule has 21 heavy (non-hydrogen) atoms. The summed E-state index contributed by atoms with van der Waals surface area (Å²) in [5, 5.41) is 2.24. The van der Waals surface area contributed by atoms with Gasteiger partial charge in [-0.3, -0.25) is 4.79 Å². The van der Waals surface area contributed by atoms with Crippen LogP contribution in [0.4, 0.5) is 8.78 Å². The fourth-order valence-electron chi connectivity index (χ4n) is 1.74. The number of halogens is 2. The van der Waals surface area contributed by atoms with Crippen molar-refractivity contribution < 1.29 is 13.6 Å². The summed E-state index contributed by atoms with van der Waals surface area (Å²) < 4.78 is 27.4. The van der Waals surface area contributed by atoms with E-state index in [2.05, 4.69) is 5.32 Å². The van der Waals surface area contributed by atoms with Crippen LogP contribution < -0.4 is 5.32 Å². The zero-order valence-electron chi connectivity index (χ0n) is 11.3. The van der Waals surface area contributed by atoms with Gasteiger partial charge in [0.25, 0.3) is 5.91 Å². The molecule has 2 aromatic rings. The minimum Gasteiger partial charge on any atom is -0.346 e. The molecule has 0 spiro atoms. The maximum absolute atomic E-state index is 13.7. The van der Waals surface area contributed by atoms with Crippen LogP contribution in [0.5, 0.6) is 0 Å². The fraction of sp³-hybridized carbons (Fsp3) is 0.118. The Morgan fingerprint density at radius 3 is 2.19 bits per heavy atom. The molecule has 4 heteroatoms. The Morgan fingerprint density at radius 2 is 1.57 bits per heavy atom. The normalized spacial score (nSPS) is 11.5. The van der Waals surface area contributed by atoms with Crippen molar-refractivity contribution in [3.63, 3.8) is 0 Å². The number of rotatable bonds is 5. The summed E-state index contributed by atoms with van der Waals surface area (Å²) in [5.74, 6) is -4.84. The predicted molar refractivity (Wildman–Crippen MR) is 78.7 cm³/mol. The smallest absolute Gasteiger partial charge is 0.343 e. The Balaban J connectivity index is 1.95. The Labute approximate surface area is 122 Å². The Hall–Kier alpha value is -2.49. The average Bonchev–Trinajstić information content (AvgIpc) is 2.52. The van der Waals surface area contributed by atoms with Crippen molar-refractivity contribution in [2.75, 3.05) is 0 Å². The molecule has 0 heterocycles. The van der Waals surface area contributed by atoms with Gasteiger partial charge in [-0.05, 0) is 17.2 Å². The van der Waals surface area contributed by atoms with Crippen molar-refractivity contribution in [2.45, 2.75) is 12.5 Å². The van der Waals surface area contributed by atoms with E-state index >= 15 is 0 Å². The summed E-state index contributed by atoms with van der Waals surface area (Å²) in [6.45, 7) is 0.0778. The van der Waals surface area contributed by atoms with Gasteiger partial charge < -0.3 is 5.32 Å². The van der Waals surface area contributed by atoms with Crippen LogP contribution in [0.15, 0.2) is 66.7 Å². The van der Waals surface area contributed by atoms with E-state index in [4.69, 9.17) is 0 Å². The highest BCUT2D eigenvalue weighted by Crippen LogP contribution is 2.17. The predicted octanol–water partition coefficient (Wildman–Crippen LogP) is 3.65. The lowest BCUT2D eigenvalue weighted by Gasteiger charge is -2.12. The van der Waals surface area contributed by atoms with Gasteiger partial charge >= 0.3 is 5.92 Å². The van der Waals surface area contributed by atoms with Crippen molar-refractivity contribution in [1.29, 1.82) is 0 Å². The Bertz CT molecular complexity index is 609. The molecule has 0 aliphatic heterocycles. The van der Waals surface area contributed by atoms with Crippen molar-refractivity contribution in [3.05, 3.63) is 77.9 Å². The first-order valence-electron chi connectivity index (χ1n) is 6.52. The molecule has 2 rings (SSSR count). The van der Waals surface area contributed by atoms with Gasteiger partial charge in [0.05, 0.1) is 0 Å². The Morgan fingerprint density at radius 1 is 1.00 bits per heavy atom. The monoisotopic (exact) mass is 287 g/mol. The minimum absolute atomic E-state index is 0.0778. The number of hydrogen-bond acceptors (Lipinski definition) is 1. The van der Waals surface area contributed by atoms with E-state index in [-0.39, 0.29) is 6.54 Å². The molecule has 0 fully saturated rings. The summed E-state index contributed by atoms with van der Waals surface area (Å²) in [6, 6.07) is 17.6. The molecule has 1 amide bonds. The van der Waals surface area contributed by atoms with Crippen molar-refractivity contribution >= 4 is 12.0 Å². The molecule has 0 aliphatic carbocycles. The van der Waals surface area contributed by atoms with Gasteiger partial charge in [0.2, 0.25) is 0 Å². The lowest BCUT2D eigenvalue weighted by atomic mass is 10.1. The molecule has 0 aliphatic rings. The second-order valence-electron chi connectivity index (χ2n) is 4.54. The number of amides is 1. The number of alkyl halides is 2. The first-order chi connectivity index (χ1) is 10.1. The fourth-order valence-corrected chi connectivity index (χ4v) is 1.74. The molecule has 2 aromatic carbocycles. The lowest BCUT2D eigenvalue weighted by molar-refractivity contribution is -0.139. The summed E-state index contributed by atoms with van der Waals surface area (Å²) in [6.07, 6.45) is 1.85. The first-order valence-corrected chi connectivity index (χ1v) is 6.52. The molecular formula is C17H15F2NO. The zero-order chi connectivity index (χ0) is 15.1. The molecule has 0 atom stereocenters. The molecule has 2 nitrogen and oxygen atoms in total. The molecule has 0 unspecified atom stereocenters. The second-order valence-corrected chi connectivity index (χ2v) is 4.54. The number of benzene rings is 2. The highest BCUT2D eigenvalue weighted by Gasteiger charge is 2.35. The van der Waals surface area contributed by atoms with E-state index in [1.54, 1.807) is 54.6 Å². The molecule has 0 radical (unpaired) electrons. The van der Waals surface area contributed by atoms with Gasteiger partial charge in [-0.1, -0.05) is 66.7 Å². The van der Waals surface area contributed by atoms with Crippen molar-refractivity contribution in [3.8, 4) is 0 Å². The SMILES string of the molecule is O=C(NCc1ccccc1)C(F)(F)/C=C/c1ccccc1. The average molecular weight is 287 g/mol. The van der Waals surface area contributed by atoms with Crippen LogP contribution >= 0.6 is 0 Å². The molecular weight excluding hydrogens is 272 g/mol. The summed E-state index contributed by atoms with van der Waals surface area (Å²) in [7, 11) is 0. The maximum atomic E-state index is 13.7. The van der Waals surface area contributed by atoms with Gasteiger partial charge in [-0.15, -0.1) is 0 Å². The van der Waals surface area contributed by atoms with Gasteiger partial charge in [0.15, 0.2) is 0 Å². The summed E-state index contributed by atoms with van der Waals surface area (Å²) >= 11 is 0. The number of carbonyl (C=O) groups excluding carboxylic acids is 1.